The van der Waals surface area contributed by atoms with Crippen LogP contribution in [-0.4, -0.2) is 33.2 Å². The van der Waals surface area contributed by atoms with Gasteiger partial charge >= 0.3 is 0 Å². The van der Waals surface area contributed by atoms with Crippen LogP contribution in [0.5, 0.6) is 0 Å². The van der Waals surface area contributed by atoms with Crippen LogP contribution in [-0.2, 0) is 9.47 Å². The highest BCUT2D eigenvalue weighted by Gasteiger charge is 2.40. The van der Waals surface area contributed by atoms with Crippen molar-refractivity contribution in [2.45, 2.75) is 64.1 Å². The summed E-state index contributed by atoms with van der Waals surface area (Å²) >= 11 is 0. The molecule has 3 unspecified atom stereocenters. The van der Waals surface area contributed by atoms with Gasteiger partial charge in [0.25, 0.3) is 0 Å². The van der Waals surface area contributed by atoms with Crippen molar-refractivity contribution >= 4 is 8.80 Å². The van der Waals surface area contributed by atoms with Gasteiger partial charge in [-0.3, -0.25) is 0 Å². The van der Waals surface area contributed by atoms with E-state index in [1.165, 1.54) is 0 Å². The predicted octanol–water partition coefficient (Wildman–Crippen LogP) is 2.45. The summed E-state index contributed by atoms with van der Waals surface area (Å²) in [7, 11) is -0.678. The Labute approximate surface area is 89.6 Å². The number of ether oxygens (including phenoxy) is 2. The molecule has 0 aromatic heterocycles. The first-order chi connectivity index (χ1) is 6.31. The maximum atomic E-state index is 6.02. The number of rotatable bonds is 4. The highest BCUT2D eigenvalue weighted by molar-refractivity contribution is 6.58. The van der Waals surface area contributed by atoms with E-state index in [-0.39, 0.29) is 5.60 Å². The molecule has 0 saturated carbocycles. The summed E-state index contributed by atoms with van der Waals surface area (Å²) < 4.78 is 11.4. The highest BCUT2D eigenvalue weighted by Crippen LogP contribution is 2.34. The molecule has 1 saturated heterocycles. The van der Waals surface area contributed by atoms with Crippen molar-refractivity contribution in [3.05, 3.63) is 0 Å². The molecule has 0 aromatic carbocycles. The Hall–Kier alpha value is 0.137. The van der Waals surface area contributed by atoms with E-state index in [0.717, 1.165) is 6.61 Å². The Morgan fingerprint density at radius 1 is 1.36 bits per heavy atom. The van der Waals surface area contributed by atoms with E-state index in [4.69, 9.17) is 9.47 Å². The fourth-order valence-electron chi connectivity index (χ4n) is 2.19. The Balaban J connectivity index is 2.50. The van der Waals surface area contributed by atoms with Crippen LogP contribution in [0.3, 0.4) is 0 Å². The standard InChI is InChI=1S/C11H24O2Si/c1-8(13-11(2,3)4)10(14(5)6)9-7-12-9/h8-10,14H,7H2,1-6H3. The zero-order valence-electron chi connectivity index (χ0n) is 10.3. The maximum Gasteiger partial charge on any atom is 0.0836 e. The molecule has 0 aliphatic carbocycles. The zero-order valence-corrected chi connectivity index (χ0v) is 11.5. The molecule has 1 heterocycles. The lowest BCUT2D eigenvalue weighted by molar-refractivity contribution is -0.0565. The van der Waals surface area contributed by atoms with Crippen molar-refractivity contribution < 1.29 is 9.47 Å². The Morgan fingerprint density at radius 3 is 2.14 bits per heavy atom. The van der Waals surface area contributed by atoms with E-state index in [0.29, 0.717) is 17.7 Å². The summed E-state index contributed by atoms with van der Waals surface area (Å²) in [6, 6.07) is 0. The molecular formula is C11H24O2Si. The molecule has 1 rings (SSSR count). The third-order valence-corrected chi connectivity index (χ3v) is 5.15. The second kappa shape index (κ2) is 4.33. The lowest BCUT2D eigenvalue weighted by Gasteiger charge is -2.31. The van der Waals surface area contributed by atoms with E-state index in [9.17, 15) is 0 Å². The minimum Gasteiger partial charge on any atom is -0.373 e. The van der Waals surface area contributed by atoms with Gasteiger partial charge in [-0.15, -0.1) is 0 Å². The first-order valence-corrected chi connectivity index (χ1v) is 8.58. The third kappa shape index (κ3) is 3.71. The summed E-state index contributed by atoms with van der Waals surface area (Å²) in [6.07, 6.45) is 0.841. The fraction of sp³-hybridized carbons (Fsp3) is 1.00. The molecule has 14 heavy (non-hydrogen) atoms. The summed E-state index contributed by atoms with van der Waals surface area (Å²) in [5.41, 5.74) is 0.643. The maximum absolute atomic E-state index is 6.02. The molecule has 3 atom stereocenters. The van der Waals surface area contributed by atoms with Crippen molar-refractivity contribution in [2.24, 2.45) is 0 Å². The van der Waals surface area contributed by atoms with Crippen LogP contribution in [0.25, 0.3) is 0 Å². The quantitative estimate of drug-likeness (QED) is 0.532. The SMILES string of the molecule is CC(OC(C)(C)C)C(C1CO1)[SiH](C)C. The van der Waals surface area contributed by atoms with Crippen molar-refractivity contribution in [3.8, 4) is 0 Å². The minimum absolute atomic E-state index is 0.0319. The van der Waals surface area contributed by atoms with Crippen LogP contribution in [0.2, 0.25) is 18.6 Å². The highest BCUT2D eigenvalue weighted by atomic mass is 28.3. The van der Waals surface area contributed by atoms with Crippen LogP contribution in [0.1, 0.15) is 27.7 Å². The van der Waals surface area contributed by atoms with Crippen LogP contribution in [0.15, 0.2) is 0 Å². The van der Waals surface area contributed by atoms with Crippen molar-refractivity contribution in [1.29, 1.82) is 0 Å². The van der Waals surface area contributed by atoms with Crippen LogP contribution in [0, 0.1) is 0 Å². The van der Waals surface area contributed by atoms with Gasteiger partial charge < -0.3 is 9.47 Å². The topological polar surface area (TPSA) is 21.8 Å². The predicted molar refractivity (Wildman–Crippen MR) is 62.7 cm³/mol. The number of hydrogen-bond donors (Lipinski definition) is 0. The van der Waals surface area contributed by atoms with Crippen molar-refractivity contribution in [2.75, 3.05) is 6.61 Å². The third-order valence-electron chi connectivity index (χ3n) is 2.64. The van der Waals surface area contributed by atoms with Gasteiger partial charge in [-0.25, -0.2) is 0 Å². The van der Waals surface area contributed by atoms with Crippen LogP contribution >= 0.6 is 0 Å². The van der Waals surface area contributed by atoms with Crippen molar-refractivity contribution in [3.63, 3.8) is 0 Å². The summed E-state index contributed by atoms with van der Waals surface area (Å²) in [6.45, 7) is 14.3. The summed E-state index contributed by atoms with van der Waals surface area (Å²) in [5.74, 6) is 0. The molecule has 0 N–H and O–H groups in total. The monoisotopic (exact) mass is 216 g/mol. The van der Waals surface area contributed by atoms with Crippen LogP contribution in [0.4, 0.5) is 0 Å². The van der Waals surface area contributed by atoms with E-state index in [1.54, 1.807) is 0 Å². The Morgan fingerprint density at radius 2 is 1.86 bits per heavy atom. The van der Waals surface area contributed by atoms with Gasteiger partial charge in [-0.2, -0.15) is 0 Å². The average Bonchev–Trinajstić information content (AvgIpc) is 2.65. The molecule has 0 bridgehead atoms. The molecule has 0 radical (unpaired) electrons. The van der Waals surface area contributed by atoms with Gasteiger partial charge in [-0.05, 0) is 27.7 Å². The normalized spacial score (nSPS) is 26.4. The number of hydrogen-bond acceptors (Lipinski definition) is 2. The first kappa shape index (κ1) is 12.2. The molecule has 0 spiro atoms. The molecule has 84 valence electrons. The molecule has 0 amide bonds. The lowest BCUT2D eigenvalue weighted by Crippen LogP contribution is -2.35. The van der Waals surface area contributed by atoms with Crippen molar-refractivity contribution in [1.82, 2.24) is 0 Å². The van der Waals surface area contributed by atoms with E-state index in [2.05, 4.69) is 40.8 Å². The Kier molecular flexibility index (Phi) is 3.78. The smallest absolute Gasteiger partial charge is 0.0836 e. The molecular weight excluding hydrogens is 192 g/mol. The molecule has 1 aliphatic rings. The number of epoxide rings is 1. The first-order valence-electron chi connectivity index (χ1n) is 5.60. The molecule has 0 aromatic rings. The summed E-state index contributed by atoms with van der Waals surface area (Å²) in [4.78, 5) is 0. The largest absolute Gasteiger partial charge is 0.373 e. The van der Waals surface area contributed by atoms with E-state index < -0.39 is 8.80 Å². The van der Waals surface area contributed by atoms with Gasteiger partial charge in [-0.1, -0.05) is 13.1 Å². The van der Waals surface area contributed by atoms with Gasteiger partial charge in [0.15, 0.2) is 0 Å². The lowest BCUT2D eigenvalue weighted by atomic mass is 10.1. The zero-order chi connectivity index (χ0) is 10.9. The van der Waals surface area contributed by atoms with Crippen LogP contribution < -0.4 is 0 Å². The Bertz CT molecular complexity index is 180. The fourth-order valence-corrected chi connectivity index (χ4v) is 4.43. The van der Waals surface area contributed by atoms with E-state index in [1.807, 2.05) is 0 Å². The minimum atomic E-state index is -0.678. The second-order valence-electron chi connectivity index (χ2n) is 5.63. The molecule has 3 heteroatoms. The molecule has 2 nitrogen and oxygen atoms in total. The van der Waals surface area contributed by atoms with Gasteiger partial charge in [0.2, 0.25) is 0 Å². The summed E-state index contributed by atoms with van der Waals surface area (Å²) in [5, 5.41) is 0. The van der Waals surface area contributed by atoms with Gasteiger partial charge in [0.05, 0.1) is 24.4 Å². The second-order valence-corrected chi connectivity index (χ2v) is 8.89. The molecule has 1 fully saturated rings. The van der Waals surface area contributed by atoms with Gasteiger partial charge in [0.1, 0.15) is 0 Å². The molecule has 1 aliphatic heterocycles. The average molecular weight is 216 g/mol. The van der Waals surface area contributed by atoms with Gasteiger partial charge in [0, 0.05) is 14.3 Å². The van der Waals surface area contributed by atoms with E-state index >= 15 is 0 Å².